The molecule has 0 radical (unpaired) electrons. The van der Waals surface area contributed by atoms with Crippen LogP contribution in [0.25, 0.3) is 5.69 Å². The number of nitrogens with one attached hydrogen (secondary N) is 2. The number of para-hydroxylation sites is 1. The number of benzene rings is 2. The number of hydrogen-bond acceptors (Lipinski definition) is 3. The molecule has 3 aromatic rings. The Kier molecular flexibility index (Phi) is 4.37. The lowest BCUT2D eigenvalue weighted by atomic mass is 9.77. The number of carbonyl (C=O) groups is 1. The first kappa shape index (κ1) is 18.3. The minimum absolute atomic E-state index is 0.0484. The summed E-state index contributed by atoms with van der Waals surface area (Å²) in [5, 5.41) is 7.42. The summed E-state index contributed by atoms with van der Waals surface area (Å²) in [5.74, 6) is 0.114. The molecule has 1 atom stereocenters. The zero-order chi connectivity index (χ0) is 20.1. The normalized spacial score (nSPS) is 18.3. The van der Waals surface area contributed by atoms with Crippen LogP contribution >= 0.6 is 23.2 Å². The van der Waals surface area contributed by atoms with E-state index < -0.39 is 5.92 Å². The molecule has 2 aromatic carbocycles. The average molecular weight is 426 g/mol. The van der Waals surface area contributed by atoms with E-state index in [9.17, 15) is 9.59 Å². The molecule has 0 bridgehead atoms. The Bertz CT molecular complexity index is 1220. The highest BCUT2D eigenvalue weighted by molar-refractivity contribution is 6.35. The SMILES string of the molecule is O=C1CCCC2=C1C(c1ccc(Cl)cc1Cl)c1c([nH]n(-c3ccccc3)c1=O)N2. The van der Waals surface area contributed by atoms with Gasteiger partial charge in [-0.05, 0) is 42.7 Å². The summed E-state index contributed by atoms with van der Waals surface area (Å²) < 4.78 is 1.50. The maximum atomic E-state index is 13.4. The number of aromatic nitrogens is 2. The van der Waals surface area contributed by atoms with E-state index in [0.29, 0.717) is 39.0 Å². The molecule has 0 saturated heterocycles. The highest BCUT2D eigenvalue weighted by atomic mass is 35.5. The van der Waals surface area contributed by atoms with Crippen molar-refractivity contribution in [1.82, 2.24) is 9.78 Å². The summed E-state index contributed by atoms with van der Waals surface area (Å²) in [6, 6.07) is 14.5. The fourth-order valence-corrected chi connectivity index (χ4v) is 4.76. The van der Waals surface area contributed by atoms with Gasteiger partial charge >= 0.3 is 0 Å². The van der Waals surface area contributed by atoms with Crippen LogP contribution in [0.5, 0.6) is 0 Å². The first-order valence-electron chi connectivity index (χ1n) is 9.43. The number of carbonyl (C=O) groups excluding carboxylic acids is 1. The summed E-state index contributed by atoms with van der Waals surface area (Å²) >= 11 is 12.6. The lowest BCUT2D eigenvalue weighted by molar-refractivity contribution is -0.116. The second-order valence-electron chi connectivity index (χ2n) is 7.27. The van der Waals surface area contributed by atoms with Crippen molar-refractivity contribution < 1.29 is 4.79 Å². The van der Waals surface area contributed by atoms with Crippen LogP contribution in [0.2, 0.25) is 10.0 Å². The monoisotopic (exact) mass is 425 g/mol. The molecule has 1 aliphatic carbocycles. The summed E-state index contributed by atoms with van der Waals surface area (Å²) in [5.41, 5.74) is 3.19. The average Bonchev–Trinajstić information content (AvgIpc) is 3.04. The molecule has 1 aliphatic heterocycles. The van der Waals surface area contributed by atoms with E-state index in [2.05, 4.69) is 10.4 Å². The molecular weight excluding hydrogens is 409 g/mol. The van der Waals surface area contributed by atoms with Crippen molar-refractivity contribution in [3.63, 3.8) is 0 Å². The minimum Gasteiger partial charge on any atom is -0.343 e. The standard InChI is InChI=1S/C22H17Cl2N3O2/c23-12-9-10-14(15(24)11-12)18-19-16(7-4-8-17(19)28)25-21-20(18)22(29)27(26-21)13-5-2-1-3-6-13/h1-3,5-6,9-11,18,25-26H,4,7-8H2. The molecule has 0 spiro atoms. The number of Topliss-reactive ketones (excluding diaryl/α,β-unsaturated/α-hetero) is 1. The van der Waals surface area contributed by atoms with Gasteiger partial charge in [0.2, 0.25) is 0 Å². The number of allylic oxidation sites excluding steroid dienone is 2. The van der Waals surface area contributed by atoms with E-state index in [-0.39, 0.29) is 11.3 Å². The van der Waals surface area contributed by atoms with Gasteiger partial charge in [-0.1, -0.05) is 47.5 Å². The van der Waals surface area contributed by atoms with Gasteiger partial charge in [0.25, 0.3) is 5.56 Å². The predicted octanol–water partition coefficient (Wildman–Crippen LogP) is 5.04. The minimum atomic E-state index is -0.535. The molecule has 0 fully saturated rings. The van der Waals surface area contributed by atoms with Gasteiger partial charge in [0, 0.05) is 33.7 Å². The number of fused-ring (bicyclic) bond motifs is 1. The number of rotatable bonds is 2. The zero-order valence-electron chi connectivity index (χ0n) is 15.3. The van der Waals surface area contributed by atoms with E-state index in [1.54, 1.807) is 18.2 Å². The lowest BCUT2D eigenvalue weighted by Gasteiger charge is -2.31. The first-order chi connectivity index (χ1) is 14.0. The molecule has 5 rings (SSSR count). The molecule has 2 aliphatic rings. The maximum absolute atomic E-state index is 13.4. The van der Waals surface area contributed by atoms with Gasteiger partial charge in [-0.2, -0.15) is 0 Å². The third-order valence-electron chi connectivity index (χ3n) is 5.52. The fraction of sp³-hybridized carbons (Fsp3) is 0.182. The van der Waals surface area contributed by atoms with Gasteiger partial charge in [-0.3, -0.25) is 14.7 Å². The number of aromatic amines is 1. The van der Waals surface area contributed by atoms with E-state index in [1.807, 2.05) is 30.3 Å². The van der Waals surface area contributed by atoms with Crippen molar-refractivity contribution in [2.75, 3.05) is 5.32 Å². The van der Waals surface area contributed by atoms with E-state index in [0.717, 1.165) is 24.2 Å². The van der Waals surface area contributed by atoms with Crippen molar-refractivity contribution in [2.24, 2.45) is 0 Å². The molecule has 0 saturated carbocycles. The number of halogens is 2. The Balaban J connectivity index is 1.77. The van der Waals surface area contributed by atoms with Crippen molar-refractivity contribution in [2.45, 2.75) is 25.2 Å². The highest BCUT2D eigenvalue weighted by Crippen LogP contribution is 2.45. The number of ketones is 1. The van der Waals surface area contributed by atoms with Crippen LogP contribution in [-0.2, 0) is 4.79 Å². The molecule has 146 valence electrons. The Morgan fingerprint density at radius 1 is 1.00 bits per heavy atom. The van der Waals surface area contributed by atoms with Crippen LogP contribution in [-0.4, -0.2) is 15.6 Å². The largest absolute Gasteiger partial charge is 0.343 e. The molecule has 1 unspecified atom stereocenters. The van der Waals surface area contributed by atoms with Crippen molar-refractivity contribution >= 4 is 34.8 Å². The number of hydrogen-bond donors (Lipinski definition) is 2. The molecular formula is C22H17Cl2N3O2. The van der Waals surface area contributed by atoms with Crippen LogP contribution in [0.4, 0.5) is 5.82 Å². The molecule has 2 heterocycles. The topological polar surface area (TPSA) is 66.9 Å². The maximum Gasteiger partial charge on any atom is 0.277 e. The van der Waals surface area contributed by atoms with E-state index in [1.165, 1.54) is 4.68 Å². The third kappa shape index (κ3) is 2.93. The lowest BCUT2D eigenvalue weighted by Crippen LogP contribution is -2.30. The summed E-state index contributed by atoms with van der Waals surface area (Å²) in [4.78, 5) is 26.3. The first-order valence-corrected chi connectivity index (χ1v) is 10.2. The molecule has 29 heavy (non-hydrogen) atoms. The molecule has 2 N–H and O–H groups in total. The van der Waals surface area contributed by atoms with Crippen molar-refractivity contribution in [1.29, 1.82) is 0 Å². The fourth-order valence-electron chi connectivity index (χ4n) is 4.24. The summed E-state index contributed by atoms with van der Waals surface area (Å²) in [7, 11) is 0. The van der Waals surface area contributed by atoms with Crippen molar-refractivity contribution in [3.05, 3.63) is 91.3 Å². The summed E-state index contributed by atoms with van der Waals surface area (Å²) in [6.45, 7) is 0. The van der Waals surface area contributed by atoms with Crippen molar-refractivity contribution in [3.8, 4) is 5.69 Å². The number of nitrogens with zero attached hydrogens (tertiary/aromatic N) is 1. The van der Waals surface area contributed by atoms with Crippen LogP contribution in [0, 0.1) is 0 Å². The Morgan fingerprint density at radius 2 is 1.79 bits per heavy atom. The van der Waals surface area contributed by atoms with E-state index in [4.69, 9.17) is 23.2 Å². The smallest absolute Gasteiger partial charge is 0.277 e. The summed E-state index contributed by atoms with van der Waals surface area (Å²) in [6.07, 6.45) is 2.00. The second kappa shape index (κ2) is 6.94. The van der Waals surface area contributed by atoms with Crippen LogP contribution in [0.15, 0.2) is 64.6 Å². The van der Waals surface area contributed by atoms with Gasteiger partial charge < -0.3 is 5.32 Å². The Labute approximate surface area is 176 Å². The molecule has 5 nitrogen and oxygen atoms in total. The van der Waals surface area contributed by atoms with Crippen LogP contribution in [0.1, 0.15) is 36.3 Å². The Morgan fingerprint density at radius 3 is 2.55 bits per heavy atom. The molecule has 1 aromatic heterocycles. The second-order valence-corrected chi connectivity index (χ2v) is 8.11. The quantitative estimate of drug-likeness (QED) is 0.604. The van der Waals surface area contributed by atoms with Gasteiger partial charge in [0.15, 0.2) is 5.78 Å². The van der Waals surface area contributed by atoms with E-state index >= 15 is 0 Å². The van der Waals surface area contributed by atoms with Gasteiger partial charge in [0.05, 0.1) is 11.3 Å². The number of H-pyrrole nitrogens is 1. The Hall–Kier alpha value is -2.76. The highest BCUT2D eigenvalue weighted by Gasteiger charge is 2.39. The zero-order valence-corrected chi connectivity index (χ0v) is 16.8. The van der Waals surface area contributed by atoms with Gasteiger partial charge in [-0.15, -0.1) is 0 Å². The van der Waals surface area contributed by atoms with Gasteiger partial charge in [0.1, 0.15) is 5.82 Å². The van der Waals surface area contributed by atoms with Gasteiger partial charge in [-0.25, -0.2) is 4.68 Å². The van der Waals surface area contributed by atoms with Crippen LogP contribution < -0.4 is 10.9 Å². The molecule has 7 heteroatoms. The predicted molar refractivity (Wildman–Crippen MR) is 114 cm³/mol. The van der Waals surface area contributed by atoms with Crippen LogP contribution in [0.3, 0.4) is 0 Å². The third-order valence-corrected chi connectivity index (χ3v) is 6.09. The molecule has 0 amide bonds. The number of anilines is 1.